The Hall–Kier alpha value is -0.980. The molecule has 1 saturated heterocycles. The van der Waals surface area contributed by atoms with Gasteiger partial charge in [0.2, 0.25) is 10.0 Å². The van der Waals surface area contributed by atoms with Crippen molar-refractivity contribution in [1.82, 2.24) is 9.29 Å². The lowest BCUT2D eigenvalue weighted by Crippen LogP contribution is -2.41. The van der Waals surface area contributed by atoms with Gasteiger partial charge in [0.1, 0.15) is 0 Å². The second-order valence-electron chi connectivity index (χ2n) is 4.52. The van der Waals surface area contributed by atoms with Crippen molar-refractivity contribution in [3.8, 4) is 0 Å². The molecule has 0 spiro atoms. The van der Waals surface area contributed by atoms with Gasteiger partial charge in [0.05, 0.1) is 11.9 Å². The van der Waals surface area contributed by atoms with Crippen LogP contribution in [0.1, 0.15) is 18.5 Å². The van der Waals surface area contributed by atoms with Gasteiger partial charge in [-0.05, 0) is 25.0 Å². The van der Waals surface area contributed by atoms with Gasteiger partial charge < -0.3 is 5.11 Å². The standard InChI is InChI=1S/C12H18N2O3S/c15-12-4-8-14(9-5-12)18(16,17)10-6-11-3-1-2-7-13-11/h1-3,7,12,15H,4-6,8-10H2. The fourth-order valence-electron chi connectivity index (χ4n) is 2.03. The summed E-state index contributed by atoms with van der Waals surface area (Å²) in [6, 6.07) is 5.49. The third-order valence-corrected chi connectivity index (χ3v) is 5.03. The van der Waals surface area contributed by atoms with Gasteiger partial charge in [-0.1, -0.05) is 6.07 Å². The predicted octanol–water partition coefficient (Wildman–Crippen LogP) is 0.411. The zero-order chi connectivity index (χ0) is 13.0. The first-order valence-corrected chi connectivity index (χ1v) is 7.74. The molecule has 100 valence electrons. The summed E-state index contributed by atoms with van der Waals surface area (Å²) in [7, 11) is -3.22. The normalized spacial score (nSPS) is 18.9. The van der Waals surface area contributed by atoms with Gasteiger partial charge in [-0.2, -0.15) is 0 Å². The maximum absolute atomic E-state index is 12.1. The Morgan fingerprint density at radius 1 is 1.33 bits per heavy atom. The zero-order valence-electron chi connectivity index (χ0n) is 10.2. The first-order valence-electron chi connectivity index (χ1n) is 6.14. The third kappa shape index (κ3) is 3.51. The summed E-state index contributed by atoms with van der Waals surface area (Å²) < 4.78 is 25.6. The Morgan fingerprint density at radius 3 is 2.67 bits per heavy atom. The summed E-state index contributed by atoms with van der Waals surface area (Å²) >= 11 is 0. The van der Waals surface area contributed by atoms with E-state index in [0.717, 1.165) is 5.69 Å². The number of hydrogen-bond donors (Lipinski definition) is 1. The molecule has 0 unspecified atom stereocenters. The van der Waals surface area contributed by atoms with Crippen LogP contribution >= 0.6 is 0 Å². The van der Waals surface area contributed by atoms with E-state index in [1.807, 2.05) is 18.2 Å². The molecule has 1 fully saturated rings. The molecule has 1 aliphatic rings. The van der Waals surface area contributed by atoms with E-state index in [9.17, 15) is 13.5 Å². The smallest absolute Gasteiger partial charge is 0.214 e. The topological polar surface area (TPSA) is 70.5 Å². The van der Waals surface area contributed by atoms with E-state index in [1.54, 1.807) is 6.20 Å². The van der Waals surface area contributed by atoms with E-state index >= 15 is 0 Å². The zero-order valence-corrected chi connectivity index (χ0v) is 11.0. The number of aliphatic hydroxyl groups excluding tert-OH is 1. The molecule has 0 atom stereocenters. The van der Waals surface area contributed by atoms with E-state index in [1.165, 1.54) is 4.31 Å². The Kier molecular flexibility index (Phi) is 4.31. The molecule has 5 nitrogen and oxygen atoms in total. The van der Waals surface area contributed by atoms with Gasteiger partial charge in [-0.3, -0.25) is 4.98 Å². The Labute approximate surface area is 108 Å². The van der Waals surface area contributed by atoms with Gasteiger partial charge in [0, 0.05) is 31.4 Å². The number of aryl methyl sites for hydroxylation is 1. The number of piperidine rings is 1. The molecule has 6 heteroatoms. The molecule has 0 saturated carbocycles. The SMILES string of the molecule is O=S(=O)(CCc1ccccn1)N1CCC(O)CC1. The van der Waals surface area contributed by atoms with E-state index in [-0.39, 0.29) is 11.9 Å². The predicted molar refractivity (Wildman–Crippen MR) is 68.5 cm³/mol. The highest BCUT2D eigenvalue weighted by molar-refractivity contribution is 7.89. The third-order valence-electron chi connectivity index (χ3n) is 3.16. The van der Waals surface area contributed by atoms with Crippen LogP contribution in [0.4, 0.5) is 0 Å². The van der Waals surface area contributed by atoms with E-state index in [0.29, 0.717) is 32.4 Å². The molecule has 1 aromatic heterocycles. The molecule has 0 aliphatic carbocycles. The molecule has 2 rings (SSSR count). The van der Waals surface area contributed by atoms with Crippen molar-refractivity contribution in [3.63, 3.8) is 0 Å². The van der Waals surface area contributed by atoms with E-state index < -0.39 is 10.0 Å². The molecule has 1 N–H and O–H groups in total. The molecule has 1 aliphatic heterocycles. The molecule has 0 bridgehead atoms. The Morgan fingerprint density at radius 2 is 2.06 bits per heavy atom. The van der Waals surface area contributed by atoms with Crippen molar-refractivity contribution in [3.05, 3.63) is 30.1 Å². The highest BCUT2D eigenvalue weighted by atomic mass is 32.2. The first kappa shape index (κ1) is 13.5. The molecule has 1 aromatic rings. The number of rotatable bonds is 4. The van der Waals surface area contributed by atoms with Gasteiger partial charge in [-0.15, -0.1) is 0 Å². The van der Waals surface area contributed by atoms with Gasteiger partial charge >= 0.3 is 0 Å². The fourth-order valence-corrected chi connectivity index (χ4v) is 3.52. The lowest BCUT2D eigenvalue weighted by Gasteiger charge is -2.28. The van der Waals surface area contributed by atoms with Crippen LogP contribution in [0.25, 0.3) is 0 Å². The monoisotopic (exact) mass is 270 g/mol. The number of aromatic nitrogens is 1. The number of hydrogen-bond acceptors (Lipinski definition) is 4. The van der Waals surface area contributed by atoms with Gasteiger partial charge in [-0.25, -0.2) is 12.7 Å². The highest BCUT2D eigenvalue weighted by Gasteiger charge is 2.26. The summed E-state index contributed by atoms with van der Waals surface area (Å²) in [6.45, 7) is 0.845. The number of nitrogens with zero attached hydrogens (tertiary/aromatic N) is 2. The number of pyridine rings is 1. The second kappa shape index (κ2) is 5.77. The van der Waals surface area contributed by atoms with Crippen LogP contribution in [0.15, 0.2) is 24.4 Å². The Bertz CT molecular complexity index is 467. The minimum Gasteiger partial charge on any atom is -0.393 e. The first-order chi connectivity index (χ1) is 8.58. The summed E-state index contributed by atoms with van der Waals surface area (Å²) in [6.07, 6.45) is 2.81. The lowest BCUT2D eigenvalue weighted by molar-refractivity contribution is 0.113. The molecule has 0 radical (unpaired) electrons. The van der Waals surface area contributed by atoms with Crippen molar-refractivity contribution in [1.29, 1.82) is 0 Å². The minimum atomic E-state index is -3.22. The molecular formula is C12H18N2O3S. The maximum atomic E-state index is 12.1. The van der Waals surface area contributed by atoms with Crippen molar-refractivity contribution in [2.45, 2.75) is 25.4 Å². The van der Waals surface area contributed by atoms with Gasteiger partial charge in [0.25, 0.3) is 0 Å². The average Bonchev–Trinajstić information content (AvgIpc) is 2.38. The van der Waals surface area contributed by atoms with E-state index in [2.05, 4.69) is 4.98 Å². The van der Waals surface area contributed by atoms with Crippen LogP contribution in [-0.2, 0) is 16.4 Å². The van der Waals surface area contributed by atoms with Crippen LogP contribution in [0.5, 0.6) is 0 Å². The van der Waals surface area contributed by atoms with Crippen LogP contribution in [0, 0.1) is 0 Å². The highest BCUT2D eigenvalue weighted by Crippen LogP contribution is 2.14. The fraction of sp³-hybridized carbons (Fsp3) is 0.583. The molecule has 18 heavy (non-hydrogen) atoms. The lowest BCUT2D eigenvalue weighted by atomic mass is 10.1. The number of sulfonamides is 1. The van der Waals surface area contributed by atoms with Crippen molar-refractivity contribution in [2.75, 3.05) is 18.8 Å². The molecule has 2 heterocycles. The minimum absolute atomic E-state index is 0.0834. The van der Waals surface area contributed by atoms with Crippen LogP contribution < -0.4 is 0 Å². The summed E-state index contributed by atoms with van der Waals surface area (Å²) in [5.74, 6) is 0.0834. The largest absolute Gasteiger partial charge is 0.393 e. The van der Waals surface area contributed by atoms with Gasteiger partial charge in [0.15, 0.2) is 0 Å². The number of aliphatic hydroxyl groups is 1. The average molecular weight is 270 g/mol. The van der Waals surface area contributed by atoms with Crippen molar-refractivity contribution >= 4 is 10.0 Å². The Balaban J connectivity index is 1.91. The second-order valence-corrected chi connectivity index (χ2v) is 6.61. The van der Waals surface area contributed by atoms with Crippen molar-refractivity contribution < 1.29 is 13.5 Å². The molecule has 0 aromatic carbocycles. The summed E-state index contributed by atoms with van der Waals surface area (Å²) in [5, 5.41) is 9.37. The summed E-state index contributed by atoms with van der Waals surface area (Å²) in [5.41, 5.74) is 0.790. The quantitative estimate of drug-likeness (QED) is 0.860. The maximum Gasteiger partial charge on any atom is 0.214 e. The summed E-state index contributed by atoms with van der Waals surface area (Å²) in [4.78, 5) is 4.12. The van der Waals surface area contributed by atoms with Crippen LogP contribution in [0.2, 0.25) is 0 Å². The molecule has 0 amide bonds. The molecular weight excluding hydrogens is 252 g/mol. The van der Waals surface area contributed by atoms with Crippen molar-refractivity contribution in [2.24, 2.45) is 0 Å². The van der Waals surface area contributed by atoms with Crippen LogP contribution in [0.3, 0.4) is 0 Å². The van der Waals surface area contributed by atoms with Crippen LogP contribution in [-0.4, -0.2) is 47.8 Å². The van der Waals surface area contributed by atoms with E-state index in [4.69, 9.17) is 0 Å².